The predicted octanol–water partition coefficient (Wildman–Crippen LogP) is 1.32. The first-order valence-electron chi connectivity index (χ1n) is 6.73. The third kappa shape index (κ3) is 3.22. The van der Waals surface area contributed by atoms with Gasteiger partial charge >= 0.3 is 5.97 Å². The maximum atomic E-state index is 12.2. The molecule has 1 heterocycles. The van der Waals surface area contributed by atoms with Crippen LogP contribution in [0.5, 0.6) is 0 Å². The molecule has 1 aliphatic carbocycles. The average molecular weight is 255 g/mol. The number of rotatable bonds is 4. The summed E-state index contributed by atoms with van der Waals surface area (Å²) < 4.78 is 5.24. The highest BCUT2D eigenvalue weighted by atomic mass is 16.5. The number of nitrogens with one attached hydrogen (secondary N) is 1. The maximum Gasteiger partial charge on any atom is 0.305 e. The van der Waals surface area contributed by atoms with E-state index >= 15 is 0 Å². The number of carbonyl (C=O) groups excluding carboxylic acids is 1. The molecule has 0 bridgehead atoms. The molecule has 0 aromatic heterocycles. The monoisotopic (exact) mass is 255 g/mol. The average Bonchev–Trinajstić information content (AvgIpc) is 2.77. The first kappa shape index (κ1) is 13.3. The van der Waals surface area contributed by atoms with Crippen LogP contribution in [0.4, 0.5) is 0 Å². The highest BCUT2D eigenvalue weighted by Crippen LogP contribution is 2.33. The quantitative estimate of drug-likeness (QED) is 0.794. The Bertz CT molecular complexity index is 317. The molecule has 0 aromatic rings. The number of hydrogen-bond acceptors (Lipinski definition) is 3. The van der Waals surface area contributed by atoms with Crippen molar-refractivity contribution in [3.8, 4) is 0 Å². The summed E-state index contributed by atoms with van der Waals surface area (Å²) in [6.45, 7) is 1.26. The zero-order valence-corrected chi connectivity index (χ0v) is 10.6. The molecule has 102 valence electrons. The van der Waals surface area contributed by atoms with Crippen molar-refractivity contribution in [3.05, 3.63) is 0 Å². The molecule has 2 N–H and O–H groups in total. The predicted molar refractivity (Wildman–Crippen MR) is 65.1 cm³/mol. The zero-order valence-electron chi connectivity index (χ0n) is 10.6. The molecule has 18 heavy (non-hydrogen) atoms. The lowest BCUT2D eigenvalue weighted by Gasteiger charge is -2.31. The summed E-state index contributed by atoms with van der Waals surface area (Å²) in [4.78, 5) is 23.1. The van der Waals surface area contributed by atoms with E-state index in [1.54, 1.807) is 0 Å². The van der Waals surface area contributed by atoms with Gasteiger partial charge in [-0.3, -0.25) is 9.59 Å². The lowest BCUT2D eigenvalue weighted by Crippen LogP contribution is -2.50. The van der Waals surface area contributed by atoms with Crippen LogP contribution in [0.25, 0.3) is 0 Å². The Hall–Kier alpha value is -1.10. The Labute approximate surface area is 107 Å². The van der Waals surface area contributed by atoms with Gasteiger partial charge in [0, 0.05) is 19.1 Å². The molecule has 2 fully saturated rings. The number of carboxylic acids is 1. The number of amides is 1. The summed E-state index contributed by atoms with van der Waals surface area (Å²) in [6, 6.07) is 0. The minimum Gasteiger partial charge on any atom is -0.481 e. The first-order chi connectivity index (χ1) is 8.61. The van der Waals surface area contributed by atoms with Crippen LogP contribution in [-0.2, 0) is 14.3 Å². The smallest absolute Gasteiger partial charge is 0.305 e. The fourth-order valence-electron chi connectivity index (χ4n) is 3.01. The zero-order chi connectivity index (χ0) is 13.0. The number of hydrogen-bond donors (Lipinski definition) is 2. The molecule has 0 radical (unpaired) electrons. The number of ether oxygens (including phenoxy) is 1. The molecule has 5 heteroatoms. The van der Waals surface area contributed by atoms with Crippen molar-refractivity contribution in [2.75, 3.05) is 13.2 Å². The molecular formula is C13H21NO4. The lowest BCUT2D eigenvalue weighted by molar-refractivity contribution is -0.139. The van der Waals surface area contributed by atoms with Crippen molar-refractivity contribution in [3.63, 3.8) is 0 Å². The van der Waals surface area contributed by atoms with Gasteiger partial charge in [-0.25, -0.2) is 0 Å². The summed E-state index contributed by atoms with van der Waals surface area (Å²) in [5.41, 5.74) is -0.499. The van der Waals surface area contributed by atoms with E-state index in [1.165, 1.54) is 0 Å². The summed E-state index contributed by atoms with van der Waals surface area (Å²) >= 11 is 0. The van der Waals surface area contributed by atoms with Crippen molar-refractivity contribution < 1.29 is 19.4 Å². The van der Waals surface area contributed by atoms with Gasteiger partial charge in [-0.2, -0.15) is 0 Å². The van der Waals surface area contributed by atoms with E-state index in [0.717, 1.165) is 38.5 Å². The largest absolute Gasteiger partial charge is 0.481 e. The van der Waals surface area contributed by atoms with Gasteiger partial charge in [0.05, 0.1) is 12.0 Å². The molecular weight excluding hydrogens is 234 g/mol. The fraction of sp³-hybridized carbons (Fsp3) is 0.846. The number of carbonyl (C=O) groups is 2. The van der Waals surface area contributed by atoms with Crippen LogP contribution < -0.4 is 5.32 Å². The Morgan fingerprint density at radius 1 is 1.22 bits per heavy atom. The Balaban J connectivity index is 1.95. The maximum absolute atomic E-state index is 12.2. The molecule has 0 unspecified atom stereocenters. The van der Waals surface area contributed by atoms with Crippen LogP contribution >= 0.6 is 0 Å². The molecule has 0 atom stereocenters. The molecule has 1 saturated carbocycles. The van der Waals surface area contributed by atoms with Crippen molar-refractivity contribution >= 4 is 11.9 Å². The van der Waals surface area contributed by atoms with Crippen LogP contribution in [-0.4, -0.2) is 35.7 Å². The van der Waals surface area contributed by atoms with Crippen LogP contribution in [0.3, 0.4) is 0 Å². The Morgan fingerprint density at radius 3 is 2.39 bits per heavy atom. The van der Waals surface area contributed by atoms with Gasteiger partial charge in [-0.1, -0.05) is 12.8 Å². The van der Waals surface area contributed by atoms with Crippen molar-refractivity contribution in [2.24, 2.45) is 5.92 Å². The van der Waals surface area contributed by atoms with Crippen molar-refractivity contribution in [2.45, 2.75) is 50.5 Å². The Morgan fingerprint density at radius 2 is 1.83 bits per heavy atom. The van der Waals surface area contributed by atoms with Crippen molar-refractivity contribution in [1.82, 2.24) is 5.32 Å². The number of carboxylic acid groups (broad SMARTS) is 1. The molecule has 1 amide bonds. The molecule has 1 aliphatic heterocycles. The topological polar surface area (TPSA) is 75.6 Å². The van der Waals surface area contributed by atoms with Crippen molar-refractivity contribution in [1.29, 1.82) is 0 Å². The highest BCUT2D eigenvalue weighted by molar-refractivity contribution is 5.80. The minimum absolute atomic E-state index is 0.00924. The van der Waals surface area contributed by atoms with Crippen LogP contribution in [0.2, 0.25) is 0 Å². The van der Waals surface area contributed by atoms with E-state index < -0.39 is 11.5 Å². The normalized spacial score (nSPS) is 23.8. The molecule has 0 aromatic carbocycles. The standard InChI is InChI=1S/C13H21NO4/c15-11(16)9-13(5-1-2-6-13)14-12(17)10-3-7-18-8-4-10/h10H,1-9H2,(H,14,17)(H,15,16). The molecule has 2 rings (SSSR count). The Kier molecular flexibility index (Phi) is 4.22. The van der Waals surface area contributed by atoms with Gasteiger partial charge in [0.2, 0.25) is 5.91 Å². The minimum atomic E-state index is -0.829. The van der Waals surface area contributed by atoms with Crippen LogP contribution in [0.1, 0.15) is 44.9 Å². The second-order valence-electron chi connectivity index (χ2n) is 5.43. The third-order valence-electron chi connectivity index (χ3n) is 4.03. The molecule has 0 spiro atoms. The van der Waals surface area contributed by atoms with Crippen LogP contribution in [0.15, 0.2) is 0 Å². The third-order valence-corrected chi connectivity index (χ3v) is 4.03. The van der Waals surface area contributed by atoms with Gasteiger partial charge in [0.15, 0.2) is 0 Å². The van der Waals surface area contributed by atoms with Gasteiger partial charge < -0.3 is 15.2 Å². The van der Waals surface area contributed by atoms with E-state index in [1.807, 2.05) is 0 Å². The summed E-state index contributed by atoms with van der Waals surface area (Å²) in [7, 11) is 0. The lowest BCUT2D eigenvalue weighted by atomic mass is 9.90. The van der Waals surface area contributed by atoms with E-state index in [9.17, 15) is 9.59 Å². The number of aliphatic carboxylic acids is 1. The summed E-state index contributed by atoms with van der Waals surface area (Å²) in [6.07, 6.45) is 5.11. The van der Waals surface area contributed by atoms with E-state index in [2.05, 4.69) is 5.32 Å². The van der Waals surface area contributed by atoms with Gasteiger partial charge in [-0.05, 0) is 25.7 Å². The van der Waals surface area contributed by atoms with Crippen LogP contribution in [0, 0.1) is 5.92 Å². The summed E-state index contributed by atoms with van der Waals surface area (Å²) in [5, 5.41) is 12.0. The second-order valence-corrected chi connectivity index (χ2v) is 5.43. The second kappa shape index (κ2) is 5.69. The van der Waals surface area contributed by atoms with E-state index in [-0.39, 0.29) is 18.2 Å². The van der Waals surface area contributed by atoms with E-state index in [4.69, 9.17) is 9.84 Å². The molecule has 1 saturated heterocycles. The molecule has 2 aliphatic rings. The SMILES string of the molecule is O=C(O)CC1(NC(=O)C2CCOCC2)CCCC1. The van der Waals surface area contributed by atoms with Gasteiger partial charge in [-0.15, -0.1) is 0 Å². The highest BCUT2D eigenvalue weighted by Gasteiger charge is 2.38. The van der Waals surface area contributed by atoms with Gasteiger partial charge in [0.1, 0.15) is 0 Å². The fourth-order valence-corrected chi connectivity index (χ4v) is 3.01. The first-order valence-corrected chi connectivity index (χ1v) is 6.73. The molecule has 5 nitrogen and oxygen atoms in total. The van der Waals surface area contributed by atoms with E-state index in [0.29, 0.717) is 13.2 Å². The van der Waals surface area contributed by atoms with Gasteiger partial charge in [0.25, 0.3) is 0 Å². The summed E-state index contributed by atoms with van der Waals surface area (Å²) in [5.74, 6) is -0.823.